The van der Waals surface area contributed by atoms with Gasteiger partial charge in [0.1, 0.15) is 18.0 Å². The zero-order chi connectivity index (χ0) is 17.6. The standard InChI is InChI=1S/C19H17ClN2O3/c1-2-24-17-7-3-14(4-8-17)5-10-19(23)25-13-16-12-22-11-15(20)6-9-18(22)21-16/h3-12H,2,13H2,1H3/b10-5+. The molecule has 3 aromatic rings. The normalized spacial score (nSPS) is 11.1. The molecule has 6 heteroatoms. The molecule has 0 atom stereocenters. The molecule has 0 aliphatic carbocycles. The second kappa shape index (κ2) is 7.85. The van der Waals surface area contributed by atoms with Crippen LogP contribution in [0.3, 0.4) is 0 Å². The van der Waals surface area contributed by atoms with Crippen LogP contribution in [0.5, 0.6) is 5.75 Å². The summed E-state index contributed by atoms with van der Waals surface area (Å²) in [5.41, 5.74) is 2.30. The molecule has 2 aromatic heterocycles. The molecule has 0 fully saturated rings. The number of rotatable bonds is 6. The molecule has 0 N–H and O–H groups in total. The minimum atomic E-state index is -0.427. The van der Waals surface area contributed by atoms with Gasteiger partial charge in [0.05, 0.1) is 17.3 Å². The van der Waals surface area contributed by atoms with Crippen molar-refractivity contribution in [2.45, 2.75) is 13.5 Å². The van der Waals surface area contributed by atoms with Crippen LogP contribution in [0.2, 0.25) is 5.02 Å². The van der Waals surface area contributed by atoms with Gasteiger partial charge < -0.3 is 13.9 Å². The second-order valence-corrected chi connectivity index (χ2v) is 5.72. The van der Waals surface area contributed by atoms with Gasteiger partial charge in [-0.05, 0) is 42.8 Å². The van der Waals surface area contributed by atoms with Crippen molar-refractivity contribution in [1.29, 1.82) is 0 Å². The summed E-state index contributed by atoms with van der Waals surface area (Å²) in [7, 11) is 0. The number of aromatic nitrogens is 2. The Morgan fingerprint density at radius 1 is 1.20 bits per heavy atom. The highest BCUT2D eigenvalue weighted by Crippen LogP contribution is 2.14. The SMILES string of the molecule is CCOc1ccc(/C=C/C(=O)OCc2cn3cc(Cl)ccc3n2)cc1. The molecule has 0 aliphatic rings. The number of pyridine rings is 1. The number of hydrogen-bond acceptors (Lipinski definition) is 4. The van der Waals surface area contributed by atoms with E-state index in [9.17, 15) is 4.79 Å². The molecule has 1 aromatic carbocycles. The Morgan fingerprint density at radius 3 is 2.76 bits per heavy atom. The van der Waals surface area contributed by atoms with Crippen molar-refractivity contribution in [2.75, 3.05) is 6.61 Å². The number of nitrogens with zero attached hydrogens (tertiary/aromatic N) is 2. The Labute approximate surface area is 150 Å². The van der Waals surface area contributed by atoms with E-state index in [-0.39, 0.29) is 6.61 Å². The predicted octanol–water partition coefficient (Wildman–Crippen LogP) is 4.14. The highest BCUT2D eigenvalue weighted by atomic mass is 35.5. The van der Waals surface area contributed by atoms with Crippen molar-refractivity contribution >= 4 is 29.3 Å². The van der Waals surface area contributed by atoms with Gasteiger partial charge in [0.2, 0.25) is 0 Å². The van der Waals surface area contributed by atoms with E-state index in [4.69, 9.17) is 21.1 Å². The summed E-state index contributed by atoms with van der Waals surface area (Å²) >= 11 is 5.93. The molecule has 128 valence electrons. The summed E-state index contributed by atoms with van der Waals surface area (Å²) in [4.78, 5) is 16.2. The van der Waals surface area contributed by atoms with Crippen molar-refractivity contribution in [3.05, 3.63) is 71.1 Å². The third kappa shape index (κ3) is 4.61. The Bertz CT molecular complexity index is 901. The number of carbonyl (C=O) groups excluding carboxylic acids is 1. The number of fused-ring (bicyclic) bond motifs is 1. The lowest BCUT2D eigenvalue weighted by molar-refractivity contribution is -0.139. The molecule has 5 nitrogen and oxygen atoms in total. The molecular formula is C19H17ClN2O3. The van der Waals surface area contributed by atoms with Crippen LogP contribution >= 0.6 is 11.6 Å². The molecule has 3 rings (SSSR count). The average molecular weight is 357 g/mol. The van der Waals surface area contributed by atoms with E-state index in [1.54, 1.807) is 35.0 Å². The van der Waals surface area contributed by atoms with Gasteiger partial charge in [-0.3, -0.25) is 0 Å². The Kier molecular flexibility index (Phi) is 5.36. The molecular weight excluding hydrogens is 340 g/mol. The van der Waals surface area contributed by atoms with Gasteiger partial charge in [-0.25, -0.2) is 9.78 Å². The first-order valence-electron chi connectivity index (χ1n) is 7.85. The largest absolute Gasteiger partial charge is 0.494 e. The molecule has 25 heavy (non-hydrogen) atoms. The Hall–Kier alpha value is -2.79. The molecule has 0 unspecified atom stereocenters. The second-order valence-electron chi connectivity index (χ2n) is 5.29. The maximum atomic E-state index is 11.8. The quantitative estimate of drug-likeness (QED) is 0.492. The first-order valence-corrected chi connectivity index (χ1v) is 8.22. The van der Waals surface area contributed by atoms with Gasteiger partial charge in [0.15, 0.2) is 0 Å². The van der Waals surface area contributed by atoms with E-state index in [1.165, 1.54) is 6.08 Å². The lowest BCUT2D eigenvalue weighted by atomic mass is 10.2. The molecule has 0 saturated heterocycles. The van der Waals surface area contributed by atoms with Crippen molar-refractivity contribution in [1.82, 2.24) is 9.38 Å². The van der Waals surface area contributed by atoms with Crippen LogP contribution in [0, 0.1) is 0 Å². The molecule has 0 aliphatic heterocycles. The van der Waals surface area contributed by atoms with E-state index < -0.39 is 5.97 Å². The average Bonchev–Trinajstić information content (AvgIpc) is 3.01. The van der Waals surface area contributed by atoms with Gasteiger partial charge >= 0.3 is 5.97 Å². The third-order valence-electron chi connectivity index (χ3n) is 3.43. The van der Waals surface area contributed by atoms with Gasteiger partial charge in [-0.1, -0.05) is 23.7 Å². The maximum absolute atomic E-state index is 11.8. The summed E-state index contributed by atoms with van der Waals surface area (Å²) in [5.74, 6) is 0.373. The lowest BCUT2D eigenvalue weighted by Gasteiger charge is -2.02. The highest BCUT2D eigenvalue weighted by molar-refractivity contribution is 6.30. The minimum absolute atomic E-state index is 0.103. The Balaban J connectivity index is 1.56. The summed E-state index contributed by atoms with van der Waals surface area (Å²) in [6.45, 7) is 2.66. The first kappa shape index (κ1) is 17.0. The van der Waals surface area contributed by atoms with E-state index in [1.807, 2.05) is 31.2 Å². The fourth-order valence-corrected chi connectivity index (χ4v) is 2.45. The van der Waals surface area contributed by atoms with E-state index in [0.29, 0.717) is 17.3 Å². The topological polar surface area (TPSA) is 52.8 Å². The van der Waals surface area contributed by atoms with Gasteiger partial charge in [-0.2, -0.15) is 0 Å². The molecule has 0 bridgehead atoms. The molecule has 0 amide bonds. The zero-order valence-electron chi connectivity index (χ0n) is 13.7. The molecule has 2 heterocycles. The van der Waals surface area contributed by atoms with E-state index >= 15 is 0 Å². The zero-order valence-corrected chi connectivity index (χ0v) is 14.4. The van der Waals surface area contributed by atoms with Crippen LogP contribution in [0.15, 0.2) is 54.9 Å². The van der Waals surface area contributed by atoms with Crippen LogP contribution in [0.1, 0.15) is 18.2 Å². The van der Waals surface area contributed by atoms with Gasteiger partial charge in [0.25, 0.3) is 0 Å². The van der Waals surface area contributed by atoms with E-state index in [0.717, 1.165) is 17.0 Å². The maximum Gasteiger partial charge on any atom is 0.331 e. The fraction of sp³-hybridized carbons (Fsp3) is 0.158. The van der Waals surface area contributed by atoms with Crippen LogP contribution < -0.4 is 4.74 Å². The number of benzene rings is 1. The summed E-state index contributed by atoms with van der Waals surface area (Å²) in [6, 6.07) is 11.0. The smallest absolute Gasteiger partial charge is 0.331 e. The number of esters is 1. The van der Waals surface area contributed by atoms with Gasteiger partial charge in [-0.15, -0.1) is 0 Å². The van der Waals surface area contributed by atoms with Crippen molar-refractivity contribution in [3.8, 4) is 5.75 Å². The summed E-state index contributed by atoms with van der Waals surface area (Å²) < 4.78 is 12.4. The molecule has 0 spiro atoms. The van der Waals surface area contributed by atoms with Gasteiger partial charge in [0, 0.05) is 18.5 Å². The third-order valence-corrected chi connectivity index (χ3v) is 3.65. The minimum Gasteiger partial charge on any atom is -0.494 e. The highest BCUT2D eigenvalue weighted by Gasteiger charge is 2.05. The number of carbonyl (C=O) groups is 1. The first-order chi connectivity index (χ1) is 12.1. The fourth-order valence-electron chi connectivity index (χ4n) is 2.29. The van der Waals surface area contributed by atoms with Crippen molar-refractivity contribution in [2.24, 2.45) is 0 Å². The van der Waals surface area contributed by atoms with Crippen molar-refractivity contribution in [3.63, 3.8) is 0 Å². The lowest BCUT2D eigenvalue weighted by Crippen LogP contribution is -2.00. The predicted molar refractivity (Wildman–Crippen MR) is 96.6 cm³/mol. The monoisotopic (exact) mass is 356 g/mol. The van der Waals surface area contributed by atoms with E-state index in [2.05, 4.69) is 4.98 Å². The molecule has 0 radical (unpaired) electrons. The number of ether oxygens (including phenoxy) is 2. The number of halogens is 1. The van der Waals surface area contributed by atoms with Crippen molar-refractivity contribution < 1.29 is 14.3 Å². The van der Waals surface area contributed by atoms with Crippen LogP contribution in [-0.2, 0) is 16.1 Å². The Morgan fingerprint density at radius 2 is 2.00 bits per heavy atom. The molecule has 0 saturated carbocycles. The number of hydrogen-bond donors (Lipinski definition) is 0. The van der Waals surface area contributed by atoms with Crippen LogP contribution in [0.25, 0.3) is 11.7 Å². The van der Waals surface area contributed by atoms with Crippen LogP contribution in [-0.4, -0.2) is 22.0 Å². The summed E-state index contributed by atoms with van der Waals surface area (Å²) in [6.07, 6.45) is 6.62. The summed E-state index contributed by atoms with van der Waals surface area (Å²) in [5, 5.41) is 0.617. The van der Waals surface area contributed by atoms with Crippen LogP contribution in [0.4, 0.5) is 0 Å². The number of imidazole rings is 1.